The van der Waals surface area contributed by atoms with Gasteiger partial charge in [0.1, 0.15) is 0 Å². The van der Waals surface area contributed by atoms with Crippen molar-refractivity contribution in [2.75, 3.05) is 0 Å². The minimum Gasteiger partial charge on any atom is -0.339 e. The van der Waals surface area contributed by atoms with Crippen molar-refractivity contribution in [2.24, 2.45) is 0 Å². The predicted octanol–water partition coefficient (Wildman–Crippen LogP) is 1.83. The van der Waals surface area contributed by atoms with Crippen LogP contribution in [0.1, 0.15) is 0 Å². The maximum atomic E-state index is 8.17. The van der Waals surface area contributed by atoms with Crippen LogP contribution < -0.4 is 4.89 Å². The van der Waals surface area contributed by atoms with Gasteiger partial charge in [-0.3, -0.25) is 0 Å². The van der Waals surface area contributed by atoms with Crippen LogP contribution in [-0.2, 0) is 0 Å². The minimum absolute atomic E-state index is 0.376. The highest BCUT2D eigenvalue weighted by Gasteiger charge is 1.94. The molecule has 0 radical (unpaired) electrons. The fourth-order valence-corrected chi connectivity index (χ4v) is 0.736. The van der Waals surface area contributed by atoms with E-state index in [4.69, 9.17) is 5.26 Å². The van der Waals surface area contributed by atoms with Gasteiger partial charge in [0.15, 0.2) is 5.75 Å². The Balaban J connectivity index is 3.01. The van der Waals surface area contributed by atoms with Crippen molar-refractivity contribution >= 4 is 12.6 Å². The Labute approximate surface area is 58.4 Å². The van der Waals surface area contributed by atoms with E-state index in [9.17, 15) is 0 Å². The highest BCUT2D eigenvalue weighted by Crippen LogP contribution is 2.19. The lowest BCUT2D eigenvalue weighted by Crippen LogP contribution is -1.83. The van der Waals surface area contributed by atoms with Gasteiger partial charge in [0.2, 0.25) is 0 Å². The van der Waals surface area contributed by atoms with E-state index in [-0.39, 0.29) is 0 Å². The molecule has 3 heteroatoms. The molecule has 1 aromatic carbocycles. The first-order valence-corrected chi connectivity index (χ1v) is 2.88. The molecule has 0 unspecified atom stereocenters. The van der Waals surface area contributed by atoms with Gasteiger partial charge in [-0.25, -0.2) is 5.26 Å². The zero-order chi connectivity index (χ0) is 6.69. The molecule has 1 N–H and O–H groups in total. The summed E-state index contributed by atoms with van der Waals surface area (Å²) in [4.78, 5) is 4.59. The standard InChI is InChI=1S/C6H6O2S/c7-8-5-3-1-2-4-6(5)9/h1-4,7,9H. The van der Waals surface area contributed by atoms with Crippen molar-refractivity contribution in [3.63, 3.8) is 0 Å². The smallest absolute Gasteiger partial charge is 0.178 e. The summed E-state index contributed by atoms with van der Waals surface area (Å²) in [5.41, 5.74) is 0. The minimum atomic E-state index is 0.376. The summed E-state index contributed by atoms with van der Waals surface area (Å²) in [6, 6.07) is 6.92. The SMILES string of the molecule is OOc1ccccc1S. The molecular weight excluding hydrogens is 136 g/mol. The van der Waals surface area contributed by atoms with Crippen molar-refractivity contribution in [2.45, 2.75) is 4.90 Å². The maximum Gasteiger partial charge on any atom is 0.178 e. The summed E-state index contributed by atoms with van der Waals surface area (Å²) in [7, 11) is 0. The summed E-state index contributed by atoms with van der Waals surface area (Å²) < 4.78 is 0. The first-order chi connectivity index (χ1) is 4.34. The van der Waals surface area contributed by atoms with Gasteiger partial charge < -0.3 is 4.89 Å². The van der Waals surface area contributed by atoms with Gasteiger partial charge >= 0.3 is 0 Å². The van der Waals surface area contributed by atoms with Crippen molar-refractivity contribution in [1.29, 1.82) is 0 Å². The summed E-state index contributed by atoms with van der Waals surface area (Å²) in [5, 5.41) is 8.17. The Morgan fingerprint density at radius 3 is 2.44 bits per heavy atom. The molecule has 48 valence electrons. The Morgan fingerprint density at radius 1 is 1.33 bits per heavy atom. The summed E-state index contributed by atoms with van der Waals surface area (Å²) >= 11 is 3.99. The van der Waals surface area contributed by atoms with Gasteiger partial charge in [0.05, 0.1) is 4.90 Å². The van der Waals surface area contributed by atoms with Crippen LogP contribution in [0.2, 0.25) is 0 Å². The normalized spacial score (nSPS) is 9.11. The van der Waals surface area contributed by atoms with Gasteiger partial charge in [-0.2, -0.15) is 0 Å². The van der Waals surface area contributed by atoms with E-state index >= 15 is 0 Å². The molecule has 0 bridgehead atoms. The molecule has 0 aliphatic heterocycles. The second kappa shape index (κ2) is 2.75. The number of hydrogen-bond donors (Lipinski definition) is 2. The highest BCUT2D eigenvalue weighted by molar-refractivity contribution is 7.80. The van der Waals surface area contributed by atoms with E-state index in [1.54, 1.807) is 18.2 Å². The zero-order valence-electron chi connectivity index (χ0n) is 4.61. The lowest BCUT2D eigenvalue weighted by atomic mass is 10.3. The Kier molecular flexibility index (Phi) is 1.97. The summed E-state index contributed by atoms with van der Waals surface area (Å²) in [6.45, 7) is 0. The zero-order valence-corrected chi connectivity index (χ0v) is 5.51. The van der Waals surface area contributed by atoms with Crippen molar-refractivity contribution in [3.05, 3.63) is 24.3 Å². The molecule has 0 aliphatic carbocycles. The van der Waals surface area contributed by atoms with Gasteiger partial charge in [-0.05, 0) is 12.1 Å². The van der Waals surface area contributed by atoms with Crippen molar-refractivity contribution in [3.8, 4) is 5.75 Å². The lowest BCUT2D eigenvalue weighted by Gasteiger charge is -1.96. The number of hydrogen-bond acceptors (Lipinski definition) is 3. The van der Waals surface area contributed by atoms with E-state index < -0.39 is 0 Å². The molecule has 0 amide bonds. The molecular formula is C6H6O2S. The van der Waals surface area contributed by atoms with Crippen LogP contribution in [0.5, 0.6) is 5.75 Å². The Hall–Kier alpha value is -0.670. The fourth-order valence-electron chi connectivity index (χ4n) is 0.534. The number of thiol groups is 1. The first kappa shape index (κ1) is 6.45. The maximum absolute atomic E-state index is 8.17. The largest absolute Gasteiger partial charge is 0.339 e. The van der Waals surface area contributed by atoms with E-state index in [0.717, 1.165) is 0 Å². The first-order valence-electron chi connectivity index (χ1n) is 2.44. The monoisotopic (exact) mass is 142 g/mol. The predicted molar refractivity (Wildman–Crippen MR) is 37.0 cm³/mol. The Morgan fingerprint density at radius 2 is 2.00 bits per heavy atom. The van der Waals surface area contributed by atoms with Crippen LogP contribution in [0.15, 0.2) is 29.2 Å². The second-order valence-electron chi connectivity index (χ2n) is 1.56. The van der Waals surface area contributed by atoms with Crippen molar-refractivity contribution in [1.82, 2.24) is 0 Å². The van der Waals surface area contributed by atoms with Crippen LogP contribution >= 0.6 is 12.6 Å². The molecule has 1 aromatic rings. The molecule has 2 nitrogen and oxygen atoms in total. The van der Waals surface area contributed by atoms with E-state index in [2.05, 4.69) is 17.5 Å². The van der Waals surface area contributed by atoms with E-state index in [1.807, 2.05) is 6.07 Å². The molecule has 0 saturated carbocycles. The number of benzene rings is 1. The average Bonchev–Trinajstić information content (AvgIpc) is 1.89. The lowest BCUT2D eigenvalue weighted by molar-refractivity contribution is -0.140. The van der Waals surface area contributed by atoms with Crippen LogP contribution in [0.4, 0.5) is 0 Å². The summed E-state index contributed by atoms with van der Waals surface area (Å²) in [6.07, 6.45) is 0. The van der Waals surface area contributed by atoms with Crippen LogP contribution in [0.25, 0.3) is 0 Å². The van der Waals surface area contributed by atoms with Crippen molar-refractivity contribution < 1.29 is 10.1 Å². The third-order valence-electron chi connectivity index (χ3n) is 0.964. The third kappa shape index (κ3) is 1.37. The molecule has 0 aliphatic rings. The Bertz CT molecular complexity index is 200. The molecule has 0 atom stereocenters. The second-order valence-corrected chi connectivity index (χ2v) is 2.04. The van der Waals surface area contributed by atoms with Crippen LogP contribution in [0.3, 0.4) is 0 Å². The molecule has 1 rings (SSSR count). The molecule has 0 fully saturated rings. The molecule has 9 heavy (non-hydrogen) atoms. The third-order valence-corrected chi connectivity index (χ3v) is 1.33. The van der Waals surface area contributed by atoms with Gasteiger partial charge in [0.25, 0.3) is 0 Å². The quantitative estimate of drug-likeness (QED) is 0.356. The number of rotatable bonds is 1. The molecule has 0 aromatic heterocycles. The highest BCUT2D eigenvalue weighted by atomic mass is 32.1. The van der Waals surface area contributed by atoms with E-state index in [1.165, 1.54) is 0 Å². The number of para-hydroxylation sites is 1. The topological polar surface area (TPSA) is 29.5 Å². The van der Waals surface area contributed by atoms with Gasteiger partial charge in [-0.15, -0.1) is 12.6 Å². The summed E-state index contributed by atoms with van der Waals surface area (Å²) in [5.74, 6) is 0.376. The van der Waals surface area contributed by atoms with Gasteiger partial charge in [-0.1, -0.05) is 12.1 Å². The fraction of sp³-hybridized carbons (Fsp3) is 0. The molecule has 0 heterocycles. The van der Waals surface area contributed by atoms with Crippen LogP contribution in [-0.4, -0.2) is 5.26 Å². The van der Waals surface area contributed by atoms with E-state index in [0.29, 0.717) is 10.6 Å². The molecule has 0 spiro atoms. The average molecular weight is 142 g/mol. The van der Waals surface area contributed by atoms with Gasteiger partial charge in [0, 0.05) is 0 Å². The van der Waals surface area contributed by atoms with Crippen LogP contribution in [0, 0.1) is 0 Å². The molecule has 0 saturated heterocycles.